The average Bonchev–Trinajstić information content (AvgIpc) is 2.65. The van der Waals surface area contributed by atoms with Crippen LogP contribution < -0.4 is 0 Å². The second-order valence-electron chi connectivity index (χ2n) is 3.80. The second kappa shape index (κ2) is 3.85. The Kier molecular flexibility index (Phi) is 2.54. The molecule has 1 aromatic heterocycles. The lowest BCUT2D eigenvalue weighted by molar-refractivity contribution is 0.623. The van der Waals surface area contributed by atoms with Gasteiger partial charge in [0.05, 0.1) is 5.69 Å². The molecule has 0 spiro atoms. The van der Waals surface area contributed by atoms with Gasteiger partial charge < -0.3 is 0 Å². The molecule has 15 heavy (non-hydrogen) atoms. The van der Waals surface area contributed by atoms with Crippen molar-refractivity contribution in [1.82, 2.24) is 9.78 Å². The Morgan fingerprint density at radius 1 is 1.27 bits per heavy atom. The molecule has 0 fully saturated rings. The molecule has 2 rings (SSSR count). The van der Waals surface area contributed by atoms with Gasteiger partial charge in [-0.3, -0.25) is 0 Å². The molecule has 1 aromatic carbocycles. The minimum Gasteiger partial charge on any atom is -0.237 e. The van der Waals surface area contributed by atoms with Gasteiger partial charge in [-0.2, -0.15) is 5.10 Å². The molecule has 0 radical (unpaired) electrons. The van der Waals surface area contributed by atoms with Crippen LogP contribution in [0, 0.1) is 5.82 Å². The number of halogens is 1. The Labute approximate surface area is 88.4 Å². The fourth-order valence-electron chi connectivity index (χ4n) is 1.57. The molecule has 0 unspecified atom stereocenters. The molecule has 3 heteroatoms. The van der Waals surface area contributed by atoms with Gasteiger partial charge in [0.15, 0.2) is 0 Å². The number of hydrogen-bond acceptors (Lipinski definition) is 1. The number of hydrogen-bond donors (Lipinski definition) is 0. The zero-order valence-corrected chi connectivity index (χ0v) is 8.81. The van der Waals surface area contributed by atoms with Gasteiger partial charge in [0, 0.05) is 11.9 Å². The van der Waals surface area contributed by atoms with E-state index >= 15 is 0 Å². The summed E-state index contributed by atoms with van der Waals surface area (Å²) in [5, 5.41) is 4.20. The second-order valence-corrected chi connectivity index (χ2v) is 3.80. The van der Waals surface area contributed by atoms with Crippen molar-refractivity contribution in [3.63, 3.8) is 0 Å². The lowest BCUT2D eigenvalue weighted by Crippen LogP contribution is -2.03. The van der Waals surface area contributed by atoms with Gasteiger partial charge in [-0.1, -0.05) is 19.9 Å². The van der Waals surface area contributed by atoms with E-state index in [0.717, 1.165) is 11.4 Å². The van der Waals surface area contributed by atoms with Crippen LogP contribution in [0.1, 0.15) is 25.5 Å². The Morgan fingerprint density at radius 2 is 2.07 bits per heavy atom. The Hall–Kier alpha value is -1.64. The molecule has 2 aromatic rings. The third-order valence-corrected chi connectivity index (χ3v) is 2.32. The summed E-state index contributed by atoms with van der Waals surface area (Å²) in [6, 6.07) is 8.41. The maximum Gasteiger partial charge on any atom is 0.125 e. The van der Waals surface area contributed by atoms with E-state index in [1.54, 1.807) is 16.9 Å². The molecule has 1 heterocycles. The highest BCUT2D eigenvalue weighted by atomic mass is 19.1. The lowest BCUT2D eigenvalue weighted by Gasteiger charge is -2.09. The SMILES string of the molecule is CC(C)c1ccnn1-c1cccc(F)c1. The van der Waals surface area contributed by atoms with Gasteiger partial charge in [-0.15, -0.1) is 0 Å². The summed E-state index contributed by atoms with van der Waals surface area (Å²) in [5.74, 6) is 0.133. The van der Waals surface area contributed by atoms with Crippen LogP contribution in [0.15, 0.2) is 36.5 Å². The summed E-state index contributed by atoms with van der Waals surface area (Å²) < 4.78 is 14.8. The monoisotopic (exact) mass is 204 g/mol. The topological polar surface area (TPSA) is 17.8 Å². The molecule has 0 bridgehead atoms. The first-order valence-electron chi connectivity index (χ1n) is 4.98. The third-order valence-electron chi connectivity index (χ3n) is 2.32. The van der Waals surface area contributed by atoms with E-state index < -0.39 is 0 Å². The van der Waals surface area contributed by atoms with Gasteiger partial charge in [-0.05, 0) is 30.2 Å². The van der Waals surface area contributed by atoms with Crippen LogP contribution >= 0.6 is 0 Å². The van der Waals surface area contributed by atoms with Gasteiger partial charge >= 0.3 is 0 Å². The van der Waals surface area contributed by atoms with Crippen LogP contribution in [0.25, 0.3) is 5.69 Å². The van der Waals surface area contributed by atoms with Crippen molar-refractivity contribution in [2.24, 2.45) is 0 Å². The van der Waals surface area contributed by atoms with E-state index in [4.69, 9.17) is 0 Å². The minimum absolute atomic E-state index is 0.238. The van der Waals surface area contributed by atoms with Gasteiger partial charge in [0.1, 0.15) is 5.82 Å². The largest absolute Gasteiger partial charge is 0.237 e. The fraction of sp³-hybridized carbons (Fsp3) is 0.250. The number of aromatic nitrogens is 2. The molecule has 0 saturated carbocycles. The predicted molar refractivity (Wildman–Crippen MR) is 57.6 cm³/mol. The van der Waals surface area contributed by atoms with Crippen LogP contribution in [0.3, 0.4) is 0 Å². The molecule has 78 valence electrons. The summed E-state index contributed by atoms with van der Waals surface area (Å²) in [6.07, 6.45) is 1.74. The van der Waals surface area contributed by atoms with Crippen molar-refractivity contribution < 1.29 is 4.39 Å². The van der Waals surface area contributed by atoms with E-state index in [0.29, 0.717) is 5.92 Å². The predicted octanol–water partition coefficient (Wildman–Crippen LogP) is 3.13. The van der Waals surface area contributed by atoms with Crippen LogP contribution in [0.2, 0.25) is 0 Å². The number of benzene rings is 1. The maximum atomic E-state index is 13.1. The maximum absolute atomic E-state index is 13.1. The van der Waals surface area contributed by atoms with Crippen molar-refractivity contribution in [2.75, 3.05) is 0 Å². The molecule has 0 amide bonds. The first-order valence-corrected chi connectivity index (χ1v) is 4.98. The van der Waals surface area contributed by atoms with Crippen LogP contribution in [-0.4, -0.2) is 9.78 Å². The number of rotatable bonds is 2. The summed E-state index contributed by atoms with van der Waals surface area (Å²) in [5.41, 5.74) is 1.85. The van der Waals surface area contributed by atoms with Gasteiger partial charge in [0.2, 0.25) is 0 Å². The van der Waals surface area contributed by atoms with E-state index in [-0.39, 0.29) is 5.82 Å². The fourth-order valence-corrected chi connectivity index (χ4v) is 1.57. The average molecular weight is 204 g/mol. The van der Waals surface area contributed by atoms with Crippen molar-refractivity contribution in [3.05, 3.63) is 48.0 Å². The highest BCUT2D eigenvalue weighted by molar-refractivity contribution is 5.33. The van der Waals surface area contributed by atoms with E-state index in [1.807, 2.05) is 12.1 Å². The first kappa shape index (κ1) is 9.90. The summed E-state index contributed by atoms with van der Waals surface area (Å²) >= 11 is 0. The van der Waals surface area contributed by atoms with Crippen molar-refractivity contribution in [3.8, 4) is 5.69 Å². The molecular formula is C12H13FN2. The zero-order chi connectivity index (χ0) is 10.8. The van der Waals surface area contributed by atoms with E-state index in [2.05, 4.69) is 18.9 Å². The molecule has 2 nitrogen and oxygen atoms in total. The Bertz CT molecular complexity index is 460. The lowest BCUT2D eigenvalue weighted by atomic mass is 10.1. The van der Waals surface area contributed by atoms with Crippen molar-refractivity contribution in [2.45, 2.75) is 19.8 Å². The van der Waals surface area contributed by atoms with E-state index in [1.165, 1.54) is 12.1 Å². The summed E-state index contributed by atoms with van der Waals surface area (Å²) in [7, 11) is 0. The van der Waals surface area contributed by atoms with Crippen LogP contribution in [0.4, 0.5) is 4.39 Å². The smallest absolute Gasteiger partial charge is 0.125 e. The Morgan fingerprint density at radius 3 is 2.73 bits per heavy atom. The Balaban J connectivity index is 2.49. The molecule has 0 atom stereocenters. The molecule has 0 aliphatic rings. The highest BCUT2D eigenvalue weighted by Crippen LogP contribution is 2.18. The third kappa shape index (κ3) is 1.91. The number of nitrogens with zero attached hydrogens (tertiary/aromatic N) is 2. The molecule has 0 saturated heterocycles. The van der Waals surface area contributed by atoms with Gasteiger partial charge in [-0.25, -0.2) is 9.07 Å². The molecule has 0 N–H and O–H groups in total. The molecular weight excluding hydrogens is 191 g/mol. The van der Waals surface area contributed by atoms with Crippen LogP contribution in [0.5, 0.6) is 0 Å². The van der Waals surface area contributed by atoms with E-state index in [9.17, 15) is 4.39 Å². The summed E-state index contributed by atoms with van der Waals surface area (Å²) in [4.78, 5) is 0. The normalized spacial score (nSPS) is 10.9. The first-order chi connectivity index (χ1) is 7.18. The minimum atomic E-state index is -0.238. The molecule has 0 aliphatic heterocycles. The quantitative estimate of drug-likeness (QED) is 0.734. The highest BCUT2D eigenvalue weighted by Gasteiger charge is 2.08. The summed E-state index contributed by atoms with van der Waals surface area (Å²) in [6.45, 7) is 4.18. The molecule has 0 aliphatic carbocycles. The van der Waals surface area contributed by atoms with Crippen molar-refractivity contribution >= 4 is 0 Å². The van der Waals surface area contributed by atoms with Crippen LogP contribution in [-0.2, 0) is 0 Å². The van der Waals surface area contributed by atoms with Crippen molar-refractivity contribution in [1.29, 1.82) is 0 Å². The zero-order valence-electron chi connectivity index (χ0n) is 8.81. The standard InChI is InChI=1S/C12H13FN2/c1-9(2)12-6-7-14-15(12)11-5-3-4-10(13)8-11/h3-9H,1-2H3. The van der Waals surface area contributed by atoms with Gasteiger partial charge in [0.25, 0.3) is 0 Å².